The first-order valence-corrected chi connectivity index (χ1v) is 3.46. The molecule has 0 radical (unpaired) electrons. The number of allylic oxidation sites excluding steroid dienone is 1. The van der Waals surface area contributed by atoms with Gasteiger partial charge in [-0.1, -0.05) is 6.58 Å². The third-order valence-electron chi connectivity index (χ3n) is 1.11. The lowest BCUT2D eigenvalue weighted by atomic mass is 10.4. The minimum atomic E-state index is 0.329. The van der Waals surface area contributed by atoms with Crippen LogP contribution in [0.4, 0.5) is 11.6 Å². The highest BCUT2D eigenvalue weighted by molar-refractivity contribution is 5.80. The molecule has 62 valence electrons. The van der Waals surface area contributed by atoms with E-state index in [1.54, 1.807) is 12.4 Å². The number of hydrogen-bond acceptors (Lipinski definition) is 4. The Kier molecular flexibility index (Phi) is 2.53. The largest absolute Gasteiger partial charge is 0.381 e. The van der Waals surface area contributed by atoms with Gasteiger partial charge in [-0.25, -0.2) is 15.0 Å². The number of anilines is 1. The van der Waals surface area contributed by atoms with E-state index in [2.05, 4.69) is 21.5 Å². The van der Waals surface area contributed by atoms with Crippen LogP contribution in [0.25, 0.3) is 0 Å². The molecular formula is C8H10N4. The molecule has 1 aromatic heterocycles. The van der Waals surface area contributed by atoms with E-state index in [0.717, 1.165) is 5.57 Å². The van der Waals surface area contributed by atoms with Gasteiger partial charge in [0.15, 0.2) is 11.6 Å². The van der Waals surface area contributed by atoms with Crippen molar-refractivity contribution in [2.24, 2.45) is 4.99 Å². The van der Waals surface area contributed by atoms with Gasteiger partial charge in [0.05, 0.1) is 0 Å². The van der Waals surface area contributed by atoms with E-state index in [4.69, 9.17) is 5.73 Å². The van der Waals surface area contributed by atoms with Crippen LogP contribution < -0.4 is 5.73 Å². The van der Waals surface area contributed by atoms with Crippen LogP contribution in [0.15, 0.2) is 29.5 Å². The van der Waals surface area contributed by atoms with Crippen LogP contribution in [0.3, 0.4) is 0 Å². The van der Waals surface area contributed by atoms with Gasteiger partial charge in [0, 0.05) is 18.6 Å². The van der Waals surface area contributed by atoms with Gasteiger partial charge < -0.3 is 5.73 Å². The number of hydrogen-bond donors (Lipinski definition) is 1. The molecule has 0 atom stereocenters. The zero-order valence-electron chi connectivity index (χ0n) is 6.86. The first-order chi connectivity index (χ1) is 5.70. The molecule has 12 heavy (non-hydrogen) atoms. The van der Waals surface area contributed by atoms with E-state index < -0.39 is 0 Å². The SMILES string of the molecule is C=C(C)C=Nc1nccnc1N. The molecule has 0 aliphatic carbocycles. The highest BCUT2D eigenvalue weighted by Gasteiger charge is 1.95. The van der Waals surface area contributed by atoms with Gasteiger partial charge in [0.1, 0.15) is 0 Å². The summed E-state index contributed by atoms with van der Waals surface area (Å²) in [5, 5.41) is 0. The van der Waals surface area contributed by atoms with E-state index in [1.165, 1.54) is 6.20 Å². The summed E-state index contributed by atoms with van der Waals surface area (Å²) in [6, 6.07) is 0. The van der Waals surface area contributed by atoms with Gasteiger partial charge in [-0.3, -0.25) is 0 Å². The first kappa shape index (κ1) is 8.39. The maximum absolute atomic E-state index is 5.49. The van der Waals surface area contributed by atoms with Crippen LogP contribution in [0.5, 0.6) is 0 Å². The molecule has 4 nitrogen and oxygen atoms in total. The molecule has 0 saturated heterocycles. The quantitative estimate of drug-likeness (QED) is 0.667. The zero-order chi connectivity index (χ0) is 8.97. The molecule has 0 aliphatic rings. The fraction of sp³-hybridized carbons (Fsp3) is 0.125. The maximum atomic E-state index is 5.49. The van der Waals surface area contributed by atoms with Crippen molar-refractivity contribution in [3.63, 3.8) is 0 Å². The van der Waals surface area contributed by atoms with Crippen LogP contribution in [0.1, 0.15) is 6.92 Å². The molecule has 1 heterocycles. The molecule has 0 amide bonds. The second kappa shape index (κ2) is 3.61. The predicted octanol–water partition coefficient (Wildman–Crippen LogP) is 1.34. The zero-order valence-corrected chi connectivity index (χ0v) is 6.86. The molecule has 2 N–H and O–H groups in total. The summed E-state index contributed by atoms with van der Waals surface area (Å²) in [7, 11) is 0. The Labute approximate surface area is 70.9 Å². The average molecular weight is 162 g/mol. The fourth-order valence-corrected chi connectivity index (χ4v) is 0.612. The number of rotatable bonds is 2. The van der Waals surface area contributed by atoms with Crippen LogP contribution >= 0.6 is 0 Å². The van der Waals surface area contributed by atoms with Crippen molar-refractivity contribution in [3.05, 3.63) is 24.5 Å². The number of nitrogens with two attached hydrogens (primary N) is 1. The van der Waals surface area contributed by atoms with Crippen LogP contribution in [-0.2, 0) is 0 Å². The molecular weight excluding hydrogens is 152 g/mol. The average Bonchev–Trinajstić information content (AvgIpc) is 2.03. The smallest absolute Gasteiger partial charge is 0.195 e. The first-order valence-electron chi connectivity index (χ1n) is 3.46. The normalized spacial score (nSPS) is 10.4. The topological polar surface area (TPSA) is 64.2 Å². The van der Waals surface area contributed by atoms with Crippen LogP contribution in [-0.4, -0.2) is 16.2 Å². The Morgan fingerprint density at radius 2 is 2.25 bits per heavy atom. The second-order valence-electron chi connectivity index (χ2n) is 2.37. The molecule has 0 aromatic carbocycles. The Morgan fingerprint density at radius 1 is 1.58 bits per heavy atom. The molecule has 4 heteroatoms. The predicted molar refractivity (Wildman–Crippen MR) is 49.4 cm³/mol. The molecule has 0 fully saturated rings. The van der Waals surface area contributed by atoms with E-state index >= 15 is 0 Å². The molecule has 0 spiro atoms. The third-order valence-corrected chi connectivity index (χ3v) is 1.11. The van der Waals surface area contributed by atoms with Crippen molar-refractivity contribution < 1.29 is 0 Å². The van der Waals surface area contributed by atoms with Crippen LogP contribution in [0, 0.1) is 0 Å². The molecule has 0 aliphatic heterocycles. The van der Waals surface area contributed by atoms with Gasteiger partial charge in [-0.15, -0.1) is 0 Å². The molecule has 0 bridgehead atoms. The minimum absolute atomic E-state index is 0.329. The molecule has 0 saturated carbocycles. The number of nitrogens with zero attached hydrogens (tertiary/aromatic N) is 3. The van der Waals surface area contributed by atoms with Crippen molar-refractivity contribution in [1.82, 2.24) is 9.97 Å². The lowest BCUT2D eigenvalue weighted by molar-refractivity contribution is 1.19. The molecule has 0 unspecified atom stereocenters. The fourth-order valence-electron chi connectivity index (χ4n) is 0.612. The van der Waals surface area contributed by atoms with Crippen molar-refractivity contribution in [1.29, 1.82) is 0 Å². The summed E-state index contributed by atoms with van der Waals surface area (Å²) < 4.78 is 0. The second-order valence-corrected chi connectivity index (χ2v) is 2.37. The highest BCUT2D eigenvalue weighted by Crippen LogP contribution is 2.12. The van der Waals surface area contributed by atoms with Gasteiger partial charge in [0.25, 0.3) is 0 Å². The summed E-state index contributed by atoms with van der Waals surface area (Å²) in [5.74, 6) is 0.760. The van der Waals surface area contributed by atoms with Crippen molar-refractivity contribution in [2.45, 2.75) is 6.92 Å². The van der Waals surface area contributed by atoms with Gasteiger partial charge in [-0.2, -0.15) is 0 Å². The number of aromatic nitrogens is 2. The Balaban J connectivity index is 2.89. The lowest BCUT2D eigenvalue weighted by Crippen LogP contribution is -1.91. The Bertz CT molecular complexity index is 317. The lowest BCUT2D eigenvalue weighted by Gasteiger charge is -1.94. The van der Waals surface area contributed by atoms with E-state index in [9.17, 15) is 0 Å². The molecule has 1 aromatic rings. The standard InChI is InChI=1S/C8H10N4/c1-6(2)5-12-8-7(9)10-3-4-11-8/h3-5H,1H2,2H3,(H2,9,10). The van der Waals surface area contributed by atoms with Gasteiger partial charge in [0.2, 0.25) is 0 Å². The summed E-state index contributed by atoms with van der Waals surface area (Å²) in [6.07, 6.45) is 4.66. The van der Waals surface area contributed by atoms with Crippen molar-refractivity contribution >= 4 is 17.9 Å². The van der Waals surface area contributed by atoms with E-state index in [-0.39, 0.29) is 0 Å². The number of nitrogen functional groups attached to an aromatic ring is 1. The third kappa shape index (κ3) is 2.16. The molecule has 1 rings (SSSR count). The van der Waals surface area contributed by atoms with Gasteiger partial charge in [-0.05, 0) is 12.5 Å². The van der Waals surface area contributed by atoms with Gasteiger partial charge >= 0.3 is 0 Å². The summed E-state index contributed by atoms with van der Waals surface area (Å²) in [5.41, 5.74) is 6.34. The highest BCUT2D eigenvalue weighted by atomic mass is 15.0. The monoisotopic (exact) mass is 162 g/mol. The van der Waals surface area contributed by atoms with E-state index in [0.29, 0.717) is 11.6 Å². The number of aliphatic imine (C=N–C) groups is 1. The summed E-state index contributed by atoms with van der Waals surface area (Å²) in [6.45, 7) is 5.50. The minimum Gasteiger partial charge on any atom is -0.381 e. The summed E-state index contributed by atoms with van der Waals surface area (Å²) in [4.78, 5) is 11.7. The van der Waals surface area contributed by atoms with Crippen molar-refractivity contribution in [2.75, 3.05) is 5.73 Å². The Morgan fingerprint density at radius 3 is 2.83 bits per heavy atom. The maximum Gasteiger partial charge on any atom is 0.195 e. The van der Waals surface area contributed by atoms with Crippen molar-refractivity contribution in [3.8, 4) is 0 Å². The van der Waals surface area contributed by atoms with E-state index in [1.807, 2.05) is 6.92 Å². The van der Waals surface area contributed by atoms with Crippen LogP contribution in [0.2, 0.25) is 0 Å². The Hall–Kier alpha value is -1.71. The summed E-state index contributed by atoms with van der Waals surface area (Å²) >= 11 is 0.